The van der Waals surface area contributed by atoms with Gasteiger partial charge in [0.25, 0.3) is 28.5 Å². The van der Waals surface area contributed by atoms with Crippen LogP contribution in [-0.2, 0) is 121 Å². The molecule has 660 valence electrons. The standard InChI is InChI=1S/2C24H19F4N5O3.C16H11FN2O3.C9H10F3N3O2.C8H10F3N3O/c2*25-17-6-5-13(10-18-14-3-1-2-4-15(14)21(35)31-30-18)9-16(17)22(36)32-7-8-33-20(11-32)19(12-34)29-23(33)24(26,27)28;17-13-6-5-9(7-12(13)16(21)22)8-14-10-3-1-2-4-11(10)15(20)19-18-14;1-17-7(16)6-5-4-13-2-3-15(5)8(14-6)9(10,11)12;9-8(10,11)7-13-5(4-15)6-3-12-1-2-14(6)7/h2*1-6,9,34H,7-8,10-12H2,(H,31,35);1-7H,8H2,(H,19,20)(H,21,22);13H,2-4H2,1H3;12,15H,1-4H2. The number of rotatable bonds is 13. The molecule has 0 atom stereocenters. The van der Waals surface area contributed by atoms with E-state index < -0.39 is 109 Å². The van der Waals surface area contributed by atoms with Crippen molar-refractivity contribution < 1.29 is 110 Å². The Morgan fingerprint density at radius 3 is 1.05 bits per heavy atom. The van der Waals surface area contributed by atoms with Gasteiger partial charge in [-0.3, -0.25) is 24.0 Å². The van der Waals surface area contributed by atoms with Crippen LogP contribution in [0.5, 0.6) is 0 Å². The predicted molar refractivity (Wildman–Crippen MR) is 413 cm³/mol. The minimum atomic E-state index is -4.71. The van der Waals surface area contributed by atoms with Crippen LogP contribution < -0.4 is 27.3 Å². The molecule has 4 aliphatic heterocycles. The fourth-order valence-electron chi connectivity index (χ4n) is 14.8. The number of nitrogens with one attached hydrogen (secondary N) is 5. The Morgan fingerprint density at radius 2 is 0.706 bits per heavy atom. The van der Waals surface area contributed by atoms with Crippen LogP contribution in [0.1, 0.15) is 138 Å². The minimum absolute atomic E-state index is 0.0601. The van der Waals surface area contributed by atoms with Crippen molar-refractivity contribution in [3.8, 4) is 0 Å². The van der Waals surface area contributed by atoms with E-state index in [1.807, 2.05) is 0 Å². The molecular weight excluding hydrogens is 1700 g/mol. The summed E-state index contributed by atoms with van der Waals surface area (Å²) in [4.78, 5) is 101. The molecule has 11 heterocycles. The molecule has 0 saturated carbocycles. The van der Waals surface area contributed by atoms with Gasteiger partial charge in [-0.25, -0.2) is 58.0 Å². The van der Waals surface area contributed by atoms with E-state index in [1.165, 1.54) is 46.2 Å². The number of H-pyrrole nitrogens is 3. The summed E-state index contributed by atoms with van der Waals surface area (Å²) < 4.78 is 207. The minimum Gasteiger partial charge on any atom is -0.478 e. The van der Waals surface area contributed by atoms with E-state index in [4.69, 9.17) is 10.2 Å². The van der Waals surface area contributed by atoms with Crippen LogP contribution in [0.25, 0.3) is 32.3 Å². The molecule has 9 N–H and O–H groups in total. The maximum atomic E-state index is 14.7. The Balaban J connectivity index is 0.000000141. The molecule has 13 aromatic rings. The highest BCUT2D eigenvalue weighted by atomic mass is 19.4. The SMILES string of the molecule is COC(=O)c1nc(C(F)(F)F)n2c1CNCC2.O=C(O)c1cc(Cc2n[nH]c(=O)c3ccccc23)ccc1F.O=C(c1cc(Cc2n[nH]c(=O)c3ccccc23)ccc1F)N1CCn2c(C(F)(F)F)nc(CO)c2C1.O=C(c1cc(Cc2n[nH]c(=O)c3ccccc23)ccc1F)N1CCn2c(C(F)(F)F)nc(CO)c2C1.OCc1nc(C(F)(F)F)n2c1CNCC2. The average molecular weight is 1770 g/mol. The van der Waals surface area contributed by atoms with E-state index >= 15 is 0 Å². The third-order valence-electron chi connectivity index (χ3n) is 20.7. The summed E-state index contributed by atoms with van der Waals surface area (Å²) in [6, 6.07) is 32.7. The normalized spacial score (nSPS) is 13.8. The number of alkyl halides is 12. The number of imidazole rings is 4. The first kappa shape index (κ1) is 90.0. The van der Waals surface area contributed by atoms with Crippen molar-refractivity contribution in [1.82, 2.24) is 89.2 Å². The first-order chi connectivity index (χ1) is 59.9. The number of carbonyl (C=O) groups is 4. The summed E-state index contributed by atoms with van der Waals surface area (Å²) in [5, 5.41) is 65.5. The van der Waals surface area contributed by atoms with Crippen LogP contribution in [0, 0.1) is 17.5 Å². The monoisotopic (exact) mass is 1770 g/mol. The molecule has 6 aromatic carbocycles. The first-order valence-electron chi connectivity index (χ1n) is 37.9. The maximum absolute atomic E-state index is 14.7. The maximum Gasteiger partial charge on any atom is 0.449 e. The molecule has 0 bridgehead atoms. The number of carboxylic acid groups (broad SMARTS) is 1. The van der Waals surface area contributed by atoms with Gasteiger partial charge >= 0.3 is 36.6 Å². The van der Waals surface area contributed by atoms with Crippen LogP contribution in [0.2, 0.25) is 0 Å². The van der Waals surface area contributed by atoms with Gasteiger partial charge < -0.3 is 63.9 Å². The Hall–Kier alpha value is -13.8. The molecule has 126 heavy (non-hydrogen) atoms. The highest BCUT2D eigenvalue weighted by Gasteiger charge is 2.45. The molecule has 45 heteroatoms. The van der Waals surface area contributed by atoms with Crippen molar-refractivity contribution in [2.45, 2.75) is 116 Å². The number of methoxy groups -OCH3 is 1. The van der Waals surface area contributed by atoms with Crippen molar-refractivity contribution in [2.24, 2.45) is 0 Å². The van der Waals surface area contributed by atoms with Gasteiger partial charge in [0.2, 0.25) is 23.3 Å². The Morgan fingerprint density at radius 1 is 0.397 bits per heavy atom. The Bertz CT molecular complexity index is 6300. The molecule has 7 aromatic heterocycles. The van der Waals surface area contributed by atoms with Crippen LogP contribution in [0.15, 0.2) is 142 Å². The lowest BCUT2D eigenvalue weighted by Gasteiger charge is -2.30. The predicted octanol–water partition coefficient (Wildman–Crippen LogP) is 9.67. The number of hydrogen-bond donors (Lipinski definition) is 9. The average Bonchev–Trinajstić information content (AvgIpc) is 1.63. The van der Waals surface area contributed by atoms with Crippen molar-refractivity contribution in [2.75, 3.05) is 33.3 Å². The number of aromatic amines is 3. The number of benzene rings is 6. The number of fused-ring (bicyclic) bond motifs is 7. The number of aromatic carboxylic acids is 1. The summed E-state index contributed by atoms with van der Waals surface area (Å²) in [6.45, 7) is -1.25. The van der Waals surface area contributed by atoms with Crippen molar-refractivity contribution in [3.05, 3.63) is 295 Å². The summed E-state index contributed by atoms with van der Waals surface area (Å²) in [7, 11) is 1.11. The van der Waals surface area contributed by atoms with Crippen molar-refractivity contribution >= 4 is 56.1 Å². The molecule has 2 amide bonds. The number of carboxylic acids is 1. The number of ether oxygens (including phenoxy) is 1. The topological polar surface area (TPSA) is 398 Å². The van der Waals surface area contributed by atoms with Gasteiger partial charge in [0.15, 0.2) is 5.69 Å². The fraction of sp³-hybridized carbons (Fsp3) is 0.284. The lowest BCUT2D eigenvalue weighted by molar-refractivity contribution is -0.148. The largest absolute Gasteiger partial charge is 0.478 e. The van der Waals surface area contributed by atoms with E-state index in [0.29, 0.717) is 91.4 Å². The zero-order valence-electron chi connectivity index (χ0n) is 65.4. The molecule has 0 saturated heterocycles. The number of aromatic nitrogens is 14. The number of nitrogens with zero attached hydrogens (tertiary/aromatic N) is 13. The molecule has 17 rings (SSSR count). The summed E-state index contributed by atoms with van der Waals surface area (Å²) in [5.41, 5.74) is 1.79. The van der Waals surface area contributed by atoms with E-state index in [0.717, 1.165) is 43.6 Å². The quantitative estimate of drug-likeness (QED) is 0.0383. The fourth-order valence-corrected chi connectivity index (χ4v) is 14.8. The number of esters is 1. The number of carbonyl (C=O) groups excluding carboxylic acids is 3. The smallest absolute Gasteiger partial charge is 0.449 e. The van der Waals surface area contributed by atoms with Gasteiger partial charge in [-0.15, -0.1) is 0 Å². The molecule has 0 fully saturated rings. The molecule has 0 aliphatic carbocycles. The van der Waals surface area contributed by atoms with E-state index in [9.17, 15) is 110 Å². The van der Waals surface area contributed by atoms with E-state index in [-0.39, 0.29) is 151 Å². The Labute approximate surface area is 697 Å². The number of hydrogen-bond acceptors (Lipinski definition) is 20. The molecule has 0 unspecified atom stereocenters. The van der Waals surface area contributed by atoms with Crippen molar-refractivity contribution in [1.29, 1.82) is 0 Å². The molecule has 4 aliphatic rings. The zero-order valence-corrected chi connectivity index (χ0v) is 65.4. The summed E-state index contributed by atoms with van der Waals surface area (Å²) in [5.74, 6) is -10.1. The Kier molecular flexibility index (Phi) is 26.4. The number of aliphatic hydroxyl groups is 3. The molecule has 0 radical (unpaired) electrons. The van der Waals surface area contributed by atoms with Crippen LogP contribution in [0.3, 0.4) is 0 Å². The second-order valence-electron chi connectivity index (χ2n) is 28.5. The number of halogens is 15. The van der Waals surface area contributed by atoms with Crippen molar-refractivity contribution in [3.63, 3.8) is 0 Å². The van der Waals surface area contributed by atoms with Crippen LogP contribution >= 0.6 is 0 Å². The highest BCUT2D eigenvalue weighted by Crippen LogP contribution is 2.38. The summed E-state index contributed by atoms with van der Waals surface area (Å²) >= 11 is 0. The van der Waals surface area contributed by atoms with E-state index in [2.05, 4.69) is 65.9 Å². The molecular formula is C81H69F15N18O12. The third-order valence-corrected chi connectivity index (χ3v) is 20.7. The first-order valence-corrected chi connectivity index (χ1v) is 37.9. The lowest BCUT2D eigenvalue weighted by Crippen LogP contribution is -2.39. The van der Waals surface area contributed by atoms with Gasteiger partial charge in [-0.1, -0.05) is 72.8 Å². The second-order valence-corrected chi connectivity index (χ2v) is 28.5. The third kappa shape index (κ3) is 19.3. The van der Waals surface area contributed by atoms with Crippen LogP contribution in [0.4, 0.5) is 65.9 Å². The second kappa shape index (κ2) is 36.9. The summed E-state index contributed by atoms with van der Waals surface area (Å²) in [6.07, 6.45) is -17.8. The van der Waals surface area contributed by atoms with Crippen LogP contribution in [-0.4, -0.2) is 156 Å². The molecule has 0 spiro atoms. The number of aliphatic hydroxyl groups excluding tert-OH is 3. The van der Waals surface area contributed by atoms with Gasteiger partial charge in [0.1, 0.15) is 17.5 Å². The van der Waals surface area contributed by atoms with Gasteiger partial charge in [0.05, 0.1) is 130 Å². The molecule has 30 nitrogen and oxygen atoms in total. The zero-order chi connectivity index (χ0) is 90.6. The van der Waals surface area contributed by atoms with Gasteiger partial charge in [0, 0.05) is 101 Å². The highest BCUT2D eigenvalue weighted by molar-refractivity contribution is 5.96. The number of amides is 2. The van der Waals surface area contributed by atoms with E-state index in [1.54, 1.807) is 72.8 Å². The van der Waals surface area contributed by atoms with Gasteiger partial charge in [-0.2, -0.15) is 68.0 Å². The van der Waals surface area contributed by atoms with Gasteiger partial charge in [-0.05, 0) is 71.3 Å². The lowest BCUT2D eigenvalue weighted by atomic mass is 10.0.